The van der Waals surface area contributed by atoms with Gasteiger partial charge in [0.25, 0.3) is 5.91 Å². The van der Waals surface area contributed by atoms with Crippen molar-refractivity contribution >= 4 is 46.3 Å². The lowest BCUT2D eigenvalue weighted by Gasteiger charge is -2.35. The molecule has 15 nitrogen and oxygen atoms in total. The summed E-state index contributed by atoms with van der Waals surface area (Å²) in [4.78, 5) is 78.1. The van der Waals surface area contributed by atoms with Gasteiger partial charge in [0.1, 0.15) is 17.7 Å². The quantitative estimate of drug-likeness (QED) is 0.102. The Hall–Kier alpha value is -6.46. The third-order valence-electron chi connectivity index (χ3n) is 13.0. The number of aromatic nitrogens is 4. The molecule has 9 rings (SSSR count). The van der Waals surface area contributed by atoms with Crippen LogP contribution in [0.25, 0.3) is 33.4 Å². The molecule has 0 spiro atoms. The van der Waals surface area contributed by atoms with Crippen LogP contribution in [0.2, 0.25) is 0 Å². The summed E-state index contributed by atoms with van der Waals surface area (Å²) in [5.74, 6) is -3.08. The zero-order chi connectivity index (χ0) is 45.0. The highest BCUT2D eigenvalue weighted by Crippen LogP contribution is 2.33. The van der Waals surface area contributed by atoms with Crippen LogP contribution in [0, 0.1) is 11.6 Å². The lowest BCUT2D eigenvalue weighted by molar-refractivity contribution is -0.143. The average molecular weight is 888 g/mol. The lowest BCUT2D eigenvalue weighted by atomic mass is 9.93. The van der Waals surface area contributed by atoms with Gasteiger partial charge >= 0.3 is 0 Å². The molecule has 3 fully saturated rings. The number of nitrogens with zero attached hydrogens (tertiary/aromatic N) is 7. The van der Waals surface area contributed by atoms with Crippen molar-refractivity contribution in [1.82, 2.24) is 39.8 Å². The predicted molar refractivity (Wildman–Crippen MR) is 236 cm³/mol. The van der Waals surface area contributed by atoms with E-state index in [9.17, 15) is 24.0 Å². The first-order valence-electron chi connectivity index (χ1n) is 22.5. The van der Waals surface area contributed by atoms with Gasteiger partial charge in [-0.15, -0.1) is 0 Å². The van der Waals surface area contributed by atoms with E-state index >= 15 is 8.78 Å². The molecular weight excluding hydrogens is 837 g/mol. The van der Waals surface area contributed by atoms with Crippen LogP contribution in [0.3, 0.4) is 0 Å². The molecule has 2 N–H and O–H groups in total. The fourth-order valence-corrected chi connectivity index (χ4v) is 9.35. The molecule has 1 unspecified atom stereocenters. The summed E-state index contributed by atoms with van der Waals surface area (Å²) >= 11 is 0. The van der Waals surface area contributed by atoms with Gasteiger partial charge in [0.2, 0.25) is 23.6 Å². The van der Waals surface area contributed by atoms with E-state index in [1.165, 1.54) is 12.1 Å². The number of rotatable bonds is 14. The van der Waals surface area contributed by atoms with Crippen molar-refractivity contribution in [2.45, 2.75) is 82.8 Å². The highest BCUT2D eigenvalue weighted by Gasteiger charge is 2.42. The number of hydrogen-bond acceptors (Lipinski definition) is 11. The molecule has 0 bridgehead atoms. The monoisotopic (exact) mass is 887 g/mol. The number of hydrogen-bond donors (Lipinski definition) is 2. The van der Waals surface area contributed by atoms with Gasteiger partial charge in [-0.25, -0.2) is 13.8 Å². The minimum absolute atomic E-state index is 0.0193. The molecule has 1 atom stereocenters. The van der Waals surface area contributed by atoms with Crippen LogP contribution in [0.5, 0.6) is 0 Å². The molecule has 0 saturated carbocycles. The lowest BCUT2D eigenvalue weighted by Crippen LogP contribution is -2.58. The summed E-state index contributed by atoms with van der Waals surface area (Å²) < 4.78 is 38.1. The van der Waals surface area contributed by atoms with Gasteiger partial charge in [-0.3, -0.25) is 48.8 Å². The van der Waals surface area contributed by atoms with Crippen molar-refractivity contribution in [1.29, 1.82) is 0 Å². The molecule has 5 amide bonds. The Morgan fingerprint density at radius 2 is 1.62 bits per heavy atom. The molecule has 3 aromatic carbocycles. The Bertz CT molecular complexity index is 2620. The largest absolute Gasteiger partial charge is 0.385 e. The summed E-state index contributed by atoms with van der Waals surface area (Å²) in [6.45, 7) is 4.42. The number of piperidine rings is 2. The number of anilines is 1. The summed E-state index contributed by atoms with van der Waals surface area (Å²) in [6, 6.07) is 12.5. The topological polar surface area (TPSA) is 172 Å². The number of carbonyl (C=O) groups is 5. The molecule has 17 heteroatoms. The fraction of sp³-hybridized carbons (Fsp3) is 0.417. The van der Waals surface area contributed by atoms with Gasteiger partial charge in [0.15, 0.2) is 0 Å². The number of fused-ring (bicyclic) bond motifs is 2. The van der Waals surface area contributed by atoms with Gasteiger partial charge < -0.3 is 15.0 Å². The first-order chi connectivity index (χ1) is 31.6. The number of imide groups is 2. The van der Waals surface area contributed by atoms with Crippen LogP contribution in [-0.2, 0) is 36.9 Å². The molecule has 3 saturated heterocycles. The molecule has 6 heterocycles. The number of para-hydroxylation sites is 1. The zero-order valence-electron chi connectivity index (χ0n) is 36.1. The maximum atomic E-state index is 15.4. The number of benzene rings is 3. The Morgan fingerprint density at radius 1 is 0.862 bits per heavy atom. The SMILES string of the molecule is O=C1CCC(N2C(=O)Cc3c(NCCCCCCC(=O)N4CCC(n5cc(-c6cnc7cccc(-c8cc(F)c(CN9CCOCC9)c(F)c8)c7n6)cn5)CC4)cccc3C2=O)C(=O)N1. The smallest absolute Gasteiger partial charge is 0.261 e. The molecular formula is C48H51F2N9O6. The van der Waals surface area contributed by atoms with E-state index in [0.717, 1.165) is 49.0 Å². The van der Waals surface area contributed by atoms with Crippen molar-refractivity contribution in [3.63, 3.8) is 0 Å². The Kier molecular flexibility index (Phi) is 13.0. The Labute approximate surface area is 374 Å². The first kappa shape index (κ1) is 43.8. The number of ether oxygens (including phenoxy) is 1. The van der Waals surface area contributed by atoms with E-state index in [1.54, 1.807) is 36.7 Å². The van der Waals surface area contributed by atoms with Crippen molar-refractivity contribution in [3.05, 3.63) is 95.4 Å². The van der Waals surface area contributed by atoms with Gasteiger partial charge in [-0.2, -0.15) is 5.10 Å². The Morgan fingerprint density at radius 3 is 2.40 bits per heavy atom. The van der Waals surface area contributed by atoms with Crippen LogP contribution in [-0.4, -0.2) is 116 Å². The predicted octanol–water partition coefficient (Wildman–Crippen LogP) is 5.83. The van der Waals surface area contributed by atoms with Crippen LogP contribution >= 0.6 is 0 Å². The second kappa shape index (κ2) is 19.3. The summed E-state index contributed by atoms with van der Waals surface area (Å²) in [5.41, 5.74) is 5.21. The zero-order valence-corrected chi connectivity index (χ0v) is 36.1. The van der Waals surface area contributed by atoms with Crippen LogP contribution < -0.4 is 10.6 Å². The summed E-state index contributed by atoms with van der Waals surface area (Å²) in [5, 5.41) is 10.3. The van der Waals surface area contributed by atoms with Crippen LogP contribution in [0.15, 0.2) is 67.1 Å². The molecule has 65 heavy (non-hydrogen) atoms. The van der Waals surface area contributed by atoms with Crippen LogP contribution in [0.1, 0.15) is 85.3 Å². The second-order valence-corrected chi connectivity index (χ2v) is 17.2. The number of morpholine rings is 1. The van der Waals surface area contributed by atoms with Crippen molar-refractivity contribution < 1.29 is 37.5 Å². The van der Waals surface area contributed by atoms with E-state index in [0.29, 0.717) is 97.0 Å². The van der Waals surface area contributed by atoms with E-state index in [2.05, 4.69) is 20.7 Å². The highest BCUT2D eigenvalue weighted by molar-refractivity contribution is 6.14. The molecule has 0 aliphatic carbocycles. The second-order valence-electron chi connectivity index (χ2n) is 17.2. The van der Waals surface area contributed by atoms with Crippen molar-refractivity contribution in [2.75, 3.05) is 51.3 Å². The molecule has 5 aromatic rings. The van der Waals surface area contributed by atoms with Gasteiger partial charge in [-0.05, 0) is 73.6 Å². The highest BCUT2D eigenvalue weighted by atomic mass is 19.1. The van der Waals surface area contributed by atoms with E-state index in [1.807, 2.05) is 32.8 Å². The third-order valence-corrected chi connectivity index (χ3v) is 13.0. The van der Waals surface area contributed by atoms with Gasteiger partial charge in [-0.1, -0.05) is 31.0 Å². The summed E-state index contributed by atoms with van der Waals surface area (Å²) in [7, 11) is 0. The maximum absolute atomic E-state index is 15.4. The number of unbranched alkanes of at least 4 members (excludes halogenated alkanes) is 3. The third kappa shape index (κ3) is 9.52. The number of halogens is 2. The number of nitrogens with one attached hydrogen (secondary N) is 2. The molecule has 0 radical (unpaired) electrons. The maximum Gasteiger partial charge on any atom is 0.261 e. The summed E-state index contributed by atoms with van der Waals surface area (Å²) in [6.07, 6.45) is 11.0. The Balaban J connectivity index is 0.728. The van der Waals surface area contributed by atoms with Gasteiger partial charge in [0.05, 0.1) is 54.8 Å². The molecule has 4 aliphatic rings. The van der Waals surface area contributed by atoms with Gasteiger partial charge in [0, 0.05) is 86.2 Å². The van der Waals surface area contributed by atoms with E-state index < -0.39 is 41.3 Å². The van der Waals surface area contributed by atoms with Crippen molar-refractivity contribution in [2.24, 2.45) is 0 Å². The molecule has 338 valence electrons. The number of carbonyl (C=O) groups excluding carboxylic acids is 5. The first-order valence-corrected chi connectivity index (χ1v) is 22.5. The standard InChI is InChI=1S/C48H51F2N9O6/c49-37-23-30(24-38(50)36(37)29-56-19-21-65-22-20-56)33-7-5-10-40-46(33)54-41(27-52-40)31-26-53-58(28-31)32-14-17-57(18-15-32)44(61)11-3-1-2-4-16-51-39-9-6-8-34-35(39)25-45(62)59(48(34)64)42-12-13-43(60)55-47(42)63/h5-10,23-24,26-28,32,42,51H,1-4,11-22,25,29H2,(H,55,60,63). The van der Waals surface area contributed by atoms with E-state index in [4.69, 9.17) is 9.72 Å². The minimum atomic E-state index is -0.990. The van der Waals surface area contributed by atoms with Crippen LogP contribution in [0.4, 0.5) is 14.5 Å². The number of amides is 5. The fourth-order valence-electron chi connectivity index (χ4n) is 9.35. The normalized spacial score (nSPS) is 18.6. The minimum Gasteiger partial charge on any atom is -0.385 e. The molecule has 4 aliphatic heterocycles. The van der Waals surface area contributed by atoms with E-state index in [-0.39, 0.29) is 43.3 Å². The van der Waals surface area contributed by atoms with Crippen molar-refractivity contribution in [3.8, 4) is 22.4 Å². The average Bonchev–Trinajstić information content (AvgIpc) is 3.81. The molecule has 2 aromatic heterocycles. The number of likely N-dealkylation sites (tertiary alicyclic amines) is 1.